The molecule has 0 spiro atoms. The highest BCUT2D eigenvalue weighted by molar-refractivity contribution is 6.29. The van der Waals surface area contributed by atoms with Gasteiger partial charge in [-0.05, 0) is 69.4 Å². The minimum absolute atomic E-state index is 0.0332. The third kappa shape index (κ3) is 6.71. The summed E-state index contributed by atoms with van der Waals surface area (Å²) < 4.78 is 0. The van der Waals surface area contributed by atoms with Crippen molar-refractivity contribution in [3.05, 3.63) is 94.0 Å². The second-order valence-electron chi connectivity index (χ2n) is 11.2. The Labute approximate surface area is 247 Å². The fourth-order valence-corrected chi connectivity index (χ4v) is 6.53. The number of piperidine rings is 1. The Kier molecular flexibility index (Phi) is 9.20. The van der Waals surface area contributed by atoms with Crippen LogP contribution in [-0.4, -0.2) is 74.9 Å². The van der Waals surface area contributed by atoms with E-state index in [1.807, 2.05) is 43.0 Å². The summed E-state index contributed by atoms with van der Waals surface area (Å²) in [5, 5.41) is 3.47. The van der Waals surface area contributed by atoms with Crippen molar-refractivity contribution < 1.29 is 9.59 Å². The molecule has 0 bridgehead atoms. The van der Waals surface area contributed by atoms with Crippen molar-refractivity contribution in [2.24, 2.45) is 0 Å². The summed E-state index contributed by atoms with van der Waals surface area (Å²) in [7, 11) is 0. The molecular formula is C32H39ClN6O2. The smallest absolute Gasteiger partial charge is 0.321 e. The van der Waals surface area contributed by atoms with Crippen LogP contribution in [-0.2, 0) is 6.54 Å². The minimum Gasteiger partial charge on any atom is -0.352 e. The number of aromatic nitrogens is 2. The van der Waals surface area contributed by atoms with Gasteiger partial charge in [-0.25, -0.2) is 9.78 Å². The molecule has 2 aromatic heterocycles. The van der Waals surface area contributed by atoms with Crippen LogP contribution < -0.4 is 5.32 Å². The molecule has 0 aliphatic carbocycles. The van der Waals surface area contributed by atoms with Crippen molar-refractivity contribution in [2.75, 3.05) is 26.2 Å². The first kappa shape index (κ1) is 29.0. The Morgan fingerprint density at radius 1 is 1.10 bits per heavy atom. The third-order valence-corrected chi connectivity index (χ3v) is 8.63. The fraction of sp³-hybridized carbons (Fsp3) is 0.438. The van der Waals surface area contributed by atoms with Gasteiger partial charge in [0.25, 0.3) is 5.91 Å². The average molecular weight is 575 g/mol. The van der Waals surface area contributed by atoms with E-state index in [2.05, 4.69) is 56.3 Å². The van der Waals surface area contributed by atoms with Crippen molar-refractivity contribution in [3.63, 3.8) is 0 Å². The summed E-state index contributed by atoms with van der Waals surface area (Å²) in [5.74, 6) is -0.107. The number of carbonyl (C=O) groups excluding carboxylic acids is 2. The number of halogens is 1. The summed E-state index contributed by atoms with van der Waals surface area (Å²) >= 11 is 6.02. The van der Waals surface area contributed by atoms with Crippen LogP contribution in [0.4, 0.5) is 4.79 Å². The quantitative estimate of drug-likeness (QED) is 0.346. The zero-order valence-corrected chi connectivity index (χ0v) is 24.8. The molecule has 2 aliphatic heterocycles. The molecule has 2 fully saturated rings. The van der Waals surface area contributed by atoms with E-state index in [9.17, 15) is 9.59 Å². The Balaban J connectivity index is 1.17. The maximum atomic E-state index is 13.8. The molecule has 1 unspecified atom stereocenters. The predicted octanol–water partition coefficient (Wildman–Crippen LogP) is 5.40. The molecule has 4 heterocycles. The van der Waals surface area contributed by atoms with Gasteiger partial charge in [0.15, 0.2) is 0 Å². The summed E-state index contributed by atoms with van der Waals surface area (Å²) in [6.07, 6.45) is 4.49. The summed E-state index contributed by atoms with van der Waals surface area (Å²) in [4.78, 5) is 41.8. The molecule has 2 saturated heterocycles. The molecule has 0 saturated carbocycles. The van der Waals surface area contributed by atoms with Gasteiger partial charge < -0.3 is 20.0 Å². The van der Waals surface area contributed by atoms with E-state index in [1.165, 1.54) is 5.56 Å². The van der Waals surface area contributed by atoms with E-state index in [1.54, 1.807) is 12.3 Å². The Hall–Kier alpha value is -3.49. The van der Waals surface area contributed by atoms with E-state index >= 15 is 0 Å². The van der Waals surface area contributed by atoms with Crippen LogP contribution in [0.1, 0.15) is 65.1 Å². The van der Waals surface area contributed by atoms with E-state index in [0.29, 0.717) is 42.1 Å². The van der Waals surface area contributed by atoms with E-state index in [-0.39, 0.29) is 24.0 Å². The van der Waals surface area contributed by atoms with Crippen LogP contribution in [0.5, 0.6) is 0 Å². The number of benzene rings is 1. The first-order valence-electron chi connectivity index (χ1n) is 14.5. The number of urea groups is 1. The number of hydrogen-bond donors (Lipinski definition) is 1. The number of likely N-dealkylation sites (tertiary alicyclic amines) is 1. The SMILES string of the molecule is Cc1cc(Cl)nc(C)c1C(=O)NCCC(C)N1CCC(N2C(=O)N(Cc3ccccn3)C[C@H]2c2ccccc2)CC1. The van der Waals surface area contributed by atoms with Crippen LogP contribution in [0.3, 0.4) is 0 Å². The van der Waals surface area contributed by atoms with Gasteiger partial charge in [-0.2, -0.15) is 0 Å². The van der Waals surface area contributed by atoms with Crippen LogP contribution in [0.25, 0.3) is 0 Å². The number of amides is 3. The molecule has 9 heteroatoms. The van der Waals surface area contributed by atoms with Crippen molar-refractivity contribution in [2.45, 2.75) is 64.7 Å². The molecule has 2 aliphatic rings. The number of pyridine rings is 2. The fourth-order valence-electron chi connectivity index (χ4n) is 6.24. The van der Waals surface area contributed by atoms with E-state index in [4.69, 9.17) is 11.6 Å². The van der Waals surface area contributed by atoms with E-state index < -0.39 is 0 Å². The molecule has 2 atom stereocenters. The molecule has 1 N–H and O–H groups in total. The average Bonchev–Trinajstić information content (AvgIpc) is 3.29. The van der Waals surface area contributed by atoms with Crippen molar-refractivity contribution >= 4 is 23.5 Å². The second kappa shape index (κ2) is 13.0. The van der Waals surface area contributed by atoms with Gasteiger partial charge in [-0.1, -0.05) is 48.0 Å². The summed E-state index contributed by atoms with van der Waals surface area (Å²) in [5.41, 5.74) is 4.16. The lowest BCUT2D eigenvalue weighted by molar-refractivity contribution is 0.0886. The Bertz CT molecular complexity index is 1320. The van der Waals surface area contributed by atoms with Gasteiger partial charge in [0.2, 0.25) is 0 Å². The lowest BCUT2D eigenvalue weighted by Crippen LogP contribution is -2.49. The highest BCUT2D eigenvalue weighted by Gasteiger charge is 2.43. The monoisotopic (exact) mass is 574 g/mol. The maximum absolute atomic E-state index is 13.8. The summed E-state index contributed by atoms with van der Waals surface area (Å²) in [6.45, 7) is 9.53. The van der Waals surface area contributed by atoms with Crippen LogP contribution in [0, 0.1) is 13.8 Å². The zero-order chi connectivity index (χ0) is 28.9. The standard InChI is InChI=1S/C32H39ClN6O2/c1-22-19-29(33)36-24(3)30(22)31(40)35-16-12-23(2)37-17-13-27(14-18-37)39-28(25-9-5-4-6-10-25)21-38(32(39)41)20-26-11-7-8-15-34-26/h4-11,15,19,23,27-28H,12-14,16-18,20-21H2,1-3H3,(H,35,40)/t23?,28-/m0/s1. The maximum Gasteiger partial charge on any atom is 0.321 e. The molecular weight excluding hydrogens is 536 g/mol. The van der Waals surface area contributed by atoms with Crippen molar-refractivity contribution in [3.8, 4) is 0 Å². The van der Waals surface area contributed by atoms with Gasteiger partial charge in [-0.3, -0.25) is 9.78 Å². The van der Waals surface area contributed by atoms with Gasteiger partial charge in [0, 0.05) is 44.5 Å². The number of nitrogens with one attached hydrogen (secondary N) is 1. The molecule has 5 rings (SSSR count). The minimum atomic E-state index is -0.107. The number of carbonyl (C=O) groups is 2. The molecule has 8 nitrogen and oxygen atoms in total. The Morgan fingerprint density at radius 3 is 2.51 bits per heavy atom. The van der Waals surface area contributed by atoms with Crippen molar-refractivity contribution in [1.82, 2.24) is 30.0 Å². The van der Waals surface area contributed by atoms with Gasteiger partial charge in [0.05, 0.1) is 29.5 Å². The lowest BCUT2D eigenvalue weighted by Gasteiger charge is -2.41. The Morgan fingerprint density at radius 2 is 1.83 bits per heavy atom. The van der Waals surface area contributed by atoms with E-state index in [0.717, 1.165) is 43.6 Å². The molecule has 0 radical (unpaired) electrons. The topological polar surface area (TPSA) is 81.7 Å². The molecule has 216 valence electrons. The largest absolute Gasteiger partial charge is 0.352 e. The third-order valence-electron chi connectivity index (χ3n) is 8.44. The van der Waals surface area contributed by atoms with Gasteiger partial charge >= 0.3 is 6.03 Å². The number of hydrogen-bond acceptors (Lipinski definition) is 5. The molecule has 1 aromatic carbocycles. The molecule has 3 amide bonds. The van der Waals surface area contributed by atoms with Crippen LogP contribution >= 0.6 is 11.6 Å². The molecule has 3 aromatic rings. The second-order valence-corrected chi connectivity index (χ2v) is 11.6. The lowest BCUT2D eigenvalue weighted by atomic mass is 9.98. The van der Waals surface area contributed by atoms with Crippen molar-refractivity contribution in [1.29, 1.82) is 0 Å². The normalized spacial score (nSPS) is 19.0. The highest BCUT2D eigenvalue weighted by Crippen LogP contribution is 2.35. The first-order valence-corrected chi connectivity index (χ1v) is 14.9. The van der Waals surface area contributed by atoms with Crippen LogP contribution in [0.2, 0.25) is 5.15 Å². The van der Waals surface area contributed by atoms with Gasteiger partial charge in [-0.15, -0.1) is 0 Å². The number of rotatable bonds is 9. The zero-order valence-electron chi connectivity index (χ0n) is 24.1. The summed E-state index contributed by atoms with van der Waals surface area (Å²) in [6, 6.07) is 18.6. The first-order chi connectivity index (χ1) is 19.8. The molecule has 41 heavy (non-hydrogen) atoms. The highest BCUT2D eigenvalue weighted by atomic mass is 35.5. The number of nitrogens with zero attached hydrogens (tertiary/aromatic N) is 5. The number of aryl methyl sites for hydroxylation is 2. The van der Waals surface area contributed by atoms with Crippen LogP contribution in [0.15, 0.2) is 60.8 Å². The van der Waals surface area contributed by atoms with Gasteiger partial charge in [0.1, 0.15) is 5.15 Å². The predicted molar refractivity (Wildman–Crippen MR) is 161 cm³/mol.